The molecular weight excluding hydrogens is 264 g/mol. The van der Waals surface area contributed by atoms with Crippen LogP contribution in [0.3, 0.4) is 0 Å². The Morgan fingerprint density at radius 3 is 2.71 bits per heavy atom. The lowest BCUT2D eigenvalue weighted by molar-refractivity contribution is -0.141. The van der Waals surface area contributed by atoms with Crippen LogP contribution < -0.4 is 0 Å². The van der Waals surface area contributed by atoms with Crippen LogP contribution >= 0.6 is 0 Å². The van der Waals surface area contributed by atoms with Crippen LogP contribution in [0.1, 0.15) is 62.7 Å². The lowest BCUT2D eigenvalue weighted by Crippen LogP contribution is -2.43. The minimum atomic E-state index is -0.576. The third-order valence-corrected chi connectivity index (χ3v) is 4.42. The van der Waals surface area contributed by atoms with E-state index in [0.29, 0.717) is 12.0 Å². The summed E-state index contributed by atoms with van der Waals surface area (Å²) >= 11 is 0. The standard InChI is InChI=1S/C18H24O3/c1-3-4-12-18(2)13-8-11-15(16(18)19)21-17(20)14-9-6-5-7-10-14/h5-7,9-10,15H,3-4,8,11-13H2,1-2H3. The van der Waals surface area contributed by atoms with Gasteiger partial charge >= 0.3 is 5.97 Å². The highest BCUT2D eigenvalue weighted by molar-refractivity contribution is 5.94. The van der Waals surface area contributed by atoms with Crippen LogP contribution in [0.5, 0.6) is 0 Å². The molecule has 0 N–H and O–H groups in total. The van der Waals surface area contributed by atoms with Gasteiger partial charge in [-0.05, 0) is 37.8 Å². The molecule has 2 atom stereocenters. The third kappa shape index (κ3) is 3.72. The molecule has 21 heavy (non-hydrogen) atoms. The molecular formula is C18H24O3. The second-order valence-corrected chi connectivity index (χ2v) is 6.18. The second kappa shape index (κ2) is 6.88. The summed E-state index contributed by atoms with van der Waals surface area (Å²) in [7, 11) is 0. The quantitative estimate of drug-likeness (QED) is 0.764. The van der Waals surface area contributed by atoms with E-state index in [1.165, 1.54) is 0 Å². The number of ketones is 1. The summed E-state index contributed by atoms with van der Waals surface area (Å²) in [4.78, 5) is 24.8. The van der Waals surface area contributed by atoms with Crippen molar-refractivity contribution in [1.82, 2.24) is 0 Å². The average molecular weight is 288 g/mol. The van der Waals surface area contributed by atoms with Crippen LogP contribution in [0, 0.1) is 5.41 Å². The minimum absolute atomic E-state index is 0.103. The fourth-order valence-electron chi connectivity index (χ4n) is 3.02. The maximum atomic E-state index is 12.6. The van der Waals surface area contributed by atoms with Gasteiger partial charge in [0.25, 0.3) is 0 Å². The van der Waals surface area contributed by atoms with Gasteiger partial charge in [-0.3, -0.25) is 4.79 Å². The molecule has 1 aliphatic rings. The summed E-state index contributed by atoms with van der Waals surface area (Å²) in [6.45, 7) is 4.15. The fraction of sp³-hybridized carbons (Fsp3) is 0.556. The van der Waals surface area contributed by atoms with Crippen LogP contribution in [0.25, 0.3) is 0 Å². The van der Waals surface area contributed by atoms with Crippen LogP contribution in [0.4, 0.5) is 0 Å². The van der Waals surface area contributed by atoms with Crippen molar-refractivity contribution < 1.29 is 14.3 Å². The maximum absolute atomic E-state index is 12.6. The normalized spacial score (nSPS) is 25.6. The number of unbranched alkanes of at least 4 members (excludes halogenated alkanes) is 1. The molecule has 0 spiro atoms. The monoisotopic (exact) mass is 288 g/mol. The zero-order valence-corrected chi connectivity index (χ0v) is 12.9. The van der Waals surface area contributed by atoms with Crippen molar-refractivity contribution in [2.45, 2.75) is 58.5 Å². The summed E-state index contributed by atoms with van der Waals surface area (Å²) < 4.78 is 5.48. The molecule has 0 radical (unpaired) electrons. The SMILES string of the molecule is CCCCC1(C)CCCC(OC(=O)c2ccccc2)C1=O. The van der Waals surface area contributed by atoms with Gasteiger partial charge in [-0.25, -0.2) is 4.79 Å². The highest BCUT2D eigenvalue weighted by atomic mass is 16.5. The molecule has 1 aromatic rings. The summed E-state index contributed by atoms with van der Waals surface area (Å²) in [5, 5.41) is 0. The largest absolute Gasteiger partial charge is 0.451 e. The molecule has 0 aromatic heterocycles. The molecule has 0 aliphatic heterocycles. The van der Waals surface area contributed by atoms with Crippen molar-refractivity contribution in [1.29, 1.82) is 0 Å². The number of carbonyl (C=O) groups is 2. The number of ether oxygens (including phenoxy) is 1. The fourth-order valence-corrected chi connectivity index (χ4v) is 3.02. The van der Waals surface area contributed by atoms with E-state index in [1.807, 2.05) is 13.0 Å². The minimum Gasteiger partial charge on any atom is -0.451 e. The molecule has 2 rings (SSSR count). The van der Waals surface area contributed by atoms with Crippen molar-refractivity contribution in [3.63, 3.8) is 0 Å². The molecule has 3 heteroatoms. The first-order valence-corrected chi connectivity index (χ1v) is 7.87. The Kier molecular flexibility index (Phi) is 5.16. The highest BCUT2D eigenvalue weighted by Crippen LogP contribution is 2.38. The lowest BCUT2D eigenvalue weighted by Gasteiger charge is -2.36. The van der Waals surface area contributed by atoms with Crippen LogP contribution in [0.15, 0.2) is 30.3 Å². The second-order valence-electron chi connectivity index (χ2n) is 6.18. The number of carbonyl (C=O) groups excluding carboxylic acids is 2. The Labute approximate surface area is 126 Å². The predicted octanol–water partition coefficient (Wildman–Crippen LogP) is 4.16. The lowest BCUT2D eigenvalue weighted by atomic mass is 9.70. The summed E-state index contributed by atoms with van der Waals surface area (Å²) in [5.41, 5.74) is 0.182. The molecule has 2 unspecified atom stereocenters. The van der Waals surface area contributed by atoms with E-state index in [-0.39, 0.29) is 11.2 Å². The molecule has 114 valence electrons. The predicted molar refractivity (Wildman–Crippen MR) is 82.1 cm³/mol. The van der Waals surface area contributed by atoms with Crippen molar-refractivity contribution in [2.75, 3.05) is 0 Å². The molecule has 1 fully saturated rings. The van der Waals surface area contributed by atoms with Crippen molar-refractivity contribution in [2.24, 2.45) is 5.41 Å². The molecule has 1 aliphatic carbocycles. The van der Waals surface area contributed by atoms with E-state index >= 15 is 0 Å². The summed E-state index contributed by atoms with van der Waals surface area (Å²) in [5.74, 6) is -0.292. The van der Waals surface area contributed by atoms with E-state index < -0.39 is 12.1 Å². The highest BCUT2D eigenvalue weighted by Gasteiger charge is 2.42. The Hall–Kier alpha value is -1.64. The number of rotatable bonds is 5. The third-order valence-electron chi connectivity index (χ3n) is 4.42. The zero-order valence-electron chi connectivity index (χ0n) is 12.9. The smallest absolute Gasteiger partial charge is 0.338 e. The van der Waals surface area contributed by atoms with E-state index in [2.05, 4.69) is 6.92 Å². The van der Waals surface area contributed by atoms with Crippen LogP contribution in [-0.2, 0) is 9.53 Å². The average Bonchev–Trinajstić information content (AvgIpc) is 2.51. The van der Waals surface area contributed by atoms with Gasteiger partial charge in [0.2, 0.25) is 0 Å². The van der Waals surface area contributed by atoms with Gasteiger partial charge in [-0.1, -0.05) is 44.9 Å². The summed E-state index contributed by atoms with van der Waals surface area (Å²) in [6.07, 6.45) is 4.94. The van der Waals surface area contributed by atoms with Gasteiger partial charge in [0.1, 0.15) is 0 Å². The molecule has 0 saturated heterocycles. The molecule has 0 amide bonds. The number of benzene rings is 1. The van der Waals surface area contributed by atoms with Crippen LogP contribution in [0.2, 0.25) is 0 Å². The van der Waals surface area contributed by atoms with E-state index in [1.54, 1.807) is 24.3 Å². The Bertz CT molecular complexity index is 494. The zero-order chi connectivity index (χ0) is 15.3. The Balaban J connectivity index is 2.03. The maximum Gasteiger partial charge on any atom is 0.338 e. The van der Waals surface area contributed by atoms with Gasteiger partial charge in [-0.2, -0.15) is 0 Å². The Morgan fingerprint density at radius 1 is 1.33 bits per heavy atom. The first-order chi connectivity index (χ1) is 10.1. The molecule has 1 saturated carbocycles. The van der Waals surface area contributed by atoms with Gasteiger partial charge in [0.05, 0.1) is 5.56 Å². The van der Waals surface area contributed by atoms with Crippen molar-refractivity contribution >= 4 is 11.8 Å². The molecule has 3 nitrogen and oxygen atoms in total. The molecule has 0 heterocycles. The first kappa shape index (κ1) is 15.7. The number of esters is 1. The topological polar surface area (TPSA) is 43.4 Å². The summed E-state index contributed by atoms with van der Waals surface area (Å²) in [6, 6.07) is 8.87. The van der Waals surface area contributed by atoms with Crippen molar-refractivity contribution in [3.05, 3.63) is 35.9 Å². The van der Waals surface area contributed by atoms with E-state index in [4.69, 9.17) is 4.74 Å². The molecule has 1 aromatic carbocycles. The van der Waals surface area contributed by atoms with Gasteiger partial charge in [-0.15, -0.1) is 0 Å². The van der Waals surface area contributed by atoms with Crippen molar-refractivity contribution in [3.8, 4) is 0 Å². The first-order valence-electron chi connectivity index (χ1n) is 7.87. The molecule has 0 bridgehead atoms. The van der Waals surface area contributed by atoms with Crippen LogP contribution in [-0.4, -0.2) is 17.9 Å². The number of hydrogen-bond donors (Lipinski definition) is 0. The van der Waals surface area contributed by atoms with Gasteiger partial charge < -0.3 is 4.74 Å². The number of Topliss-reactive ketones (excluding diaryl/α,β-unsaturated/α-hetero) is 1. The number of hydrogen-bond acceptors (Lipinski definition) is 3. The van der Waals surface area contributed by atoms with E-state index in [9.17, 15) is 9.59 Å². The van der Waals surface area contributed by atoms with E-state index in [0.717, 1.165) is 32.1 Å². The Morgan fingerprint density at radius 2 is 2.05 bits per heavy atom. The van der Waals surface area contributed by atoms with Gasteiger partial charge in [0.15, 0.2) is 11.9 Å². The van der Waals surface area contributed by atoms with Gasteiger partial charge in [0, 0.05) is 5.41 Å².